The number of carbonyl (C=O) groups is 1. The van der Waals surface area contributed by atoms with Gasteiger partial charge in [-0.1, -0.05) is 30.3 Å². The second-order valence-corrected chi connectivity index (χ2v) is 8.22. The summed E-state index contributed by atoms with van der Waals surface area (Å²) >= 11 is 0. The highest BCUT2D eigenvalue weighted by atomic mass is 16.3. The van der Waals surface area contributed by atoms with Crippen molar-refractivity contribution >= 4 is 5.91 Å². The molecule has 3 aliphatic heterocycles. The van der Waals surface area contributed by atoms with Crippen LogP contribution in [-0.4, -0.2) is 40.6 Å². The number of nitrogens with zero attached hydrogens (tertiary/aromatic N) is 1. The lowest BCUT2D eigenvalue weighted by atomic mass is 9.89. The third kappa shape index (κ3) is 3.90. The van der Waals surface area contributed by atoms with Gasteiger partial charge < -0.3 is 15.3 Å². The molecule has 136 valence electrons. The molecule has 4 heteroatoms. The van der Waals surface area contributed by atoms with Gasteiger partial charge in [0.15, 0.2) is 0 Å². The number of aliphatic hydroxyl groups excluding tert-OH is 1. The van der Waals surface area contributed by atoms with Crippen LogP contribution in [0.4, 0.5) is 0 Å². The summed E-state index contributed by atoms with van der Waals surface area (Å²) in [4.78, 5) is 15.0. The summed E-state index contributed by atoms with van der Waals surface area (Å²) < 4.78 is 0. The molecule has 1 aromatic rings. The van der Waals surface area contributed by atoms with Crippen molar-refractivity contribution in [1.29, 1.82) is 0 Å². The molecule has 4 unspecified atom stereocenters. The summed E-state index contributed by atoms with van der Waals surface area (Å²) in [6.07, 6.45) is 7.85. The normalized spacial score (nSPS) is 32.8. The van der Waals surface area contributed by atoms with Gasteiger partial charge in [-0.25, -0.2) is 0 Å². The molecule has 2 N–H and O–H groups in total. The van der Waals surface area contributed by atoms with E-state index in [4.69, 9.17) is 0 Å². The molecule has 25 heavy (non-hydrogen) atoms. The highest BCUT2D eigenvalue weighted by Crippen LogP contribution is 2.34. The topological polar surface area (TPSA) is 52.6 Å². The minimum absolute atomic E-state index is 0.196. The van der Waals surface area contributed by atoms with Gasteiger partial charge in [0.25, 0.3) is 0 Å². The molecule has 1 amide bonds. The summed E-state index contributed by atoms with van der Waals surface area (Å²) in [7, 11) is 0. The first-order valence-corrected chi connectivity index (χ1v) is 9.97. The van der Waals surface area contributed by atoms with Crippen LogP contribution >= 0.6 is 0 Å². The highest BCUT2D eigenvalue weighted by Gasteiger charge is 2.36. The number of rotatable bonds is 5. The zero-order valence-corrected chi connectivity index (χ0v) is 14.9. The molecule has 0 aliphatic carbocycles. The highest BCUT2D eigenvalue weighted by molar-refractivity contribution is 5.77. The number of amides is 1. The molecule has 2 bridgehead atoms. The van der Waals surface area contributed by atoms with Crippen LogP contribution in [0.5, 0.6) is 0 Å². The smallest absolute Gasteiger partial charge is 0.223 e. The van der Waals surface area contributed by atoms with E-state index in [0.717, 1.165) is 37.8 Å². The number of likely N-dealkylation sites (tertiary alicyclic amines) is 1. The van der Waals surface area contributed by atoms with E-state index < -0.39 is 6.10 Å². The summed E-state index contributed by atoms with van der Waals surface area (Å²) in [6, 6.07) is 11.3. The van der Waals surface area contributed by atoms with Crippen LogP contribution in [0, 0.1) is 5.92 Å². The summed E-state index contributed by atoms with van der Waals surface area (Å²) in [6.45, 7) is 0.864. The molecule has 1 aromatic carbocycles. The van der Waals surface area contributed by atoms with Gasteiger partial charge in [0.05, 0.1) is 6.10 Å². The molecule has 3 aliphatic rings. The maximum Gasteiger partial charge on any atom is 0.223 e. The molecule has 0 spiro atoms. The molecule has 0 radical (unpaired) electrons. The van der Waals surface area contributed by atoms with Crippen molar-refractivity contribution in [1.82, 2.24) is 10.2 Å². The first kappa shape index (κ1) is 17.0. The maximum absolute atomic E-state index is 12.9. The van der Waals surface area contributed by atoms with Crippen molar-refractivity contribution in [2.45, 2.75) is 75.6 Å². The molecular weight excluding hydrogens is 312 g/mol. The maximum atomic E-state index is 12.9. The number of hydrogen-bond donors (Lipinski definition) is 2. The zero-order chi connectivity index (χ0) is 17.2. The van der Waals surface area contributed by atoms with Crippen molar-refractivity contribution < 1.29 is 9.90 Å². The predicted molar refractivity (Wildman–Crippen MR) is 98.0 cm³/mol. The van der Waals surface area contributed by atoms with Crippen LogP contribution in [0.25, 0.3) is 0 Å². The largest absolute Gasteiger partial charge is 0.388 e. The molecule has 3 saturated heterocycles. The Morgan fingerprint density at radius 3 is 2.60 bits per heavy atom. The van der Waals surface area contributed by atoms with E-state index in [-0.39, 0.29) is 6.04 Å². The Hall–Kier alpha value is -1.39. The average molecular weight is 342 g/mol. The van der Waals surface area contributed by atoms with Gasteiger partial charge in [0, 0.05) is 31.1 Å². The Morgan fingerprint density at radius 1 is 1.16 bits per heavy atom. The van der Waals surface area contributed by atoms with Crippen LogP contribution in [-0.2, 0) is 4.79 Å². The Balaban J connectivity index is 1.33. The van der Waals surface area contributed by atoms with Crippen LogP contribution in [0.3, 0.4) is 0 Å². The Labute approximate surface area is 150 Å². The van der Waals surface area contributed by atoms with E-state index in [0.29, 0.717) is 36.8 Å². The van der Waals surface area contributed by atoms with E-state index in [1.807, 2.05) is 30.3 Å². The minimum Gasteiger partial charge on any atom is -0.388 e. The van der Waals surface area contributed by atoms with E-state index >= 15 is 0 Å². The lowest BCUT2D eigenvalue weighted by Crippen LogP contribution is -2.42. The second-order valence-electron chi connectivity index (χ2n) is 8.22. The van der Waals surface area contributed by atoms with Crippen LogP contribution < -0.4 is 5.32 Å². The van der Waals surface area contributed by atoms with Crippen LogP contribution in [0.15, 0.2) is 30.3 Å². The van der Waals surface area contributed by atoms with Gasteiger partial charge in [0.2, 0.25) is 5.91 Å². The molecule has 4 atom stereocenters. The van der Waals surface area contributed by atoms with Gasteiger partial charge in [-0.2, -0.15) is 0 Å². The van der Waals surface area contributed by atoms with Crippen molar-refractivity contribution in [2.24, 2.45) is 5.92 Å². The van der Waals surface area contributed by atoms with Crippen molar-refractivity contribution in [2.75, 3.05) is 6.54 Å². The molecule has 3 fully saturated rings. The third-order valence-corrected chi connectivity index (χ3v) is 6.41. The fourth-order valence-electron chi connectivity index (χ4n) is 5.18. The van der Waals surface area contributed by atoms with E-state index in [1.54, 1.807) is 0 Å². The van der Waals surface area contributed by atoms with Gasteiger partial charge >= 0.3 is 0 Å². The van der Waals surface area contributed by atoms with Crippen molar-refractivity contribution in [3.8, 4) is 0 Å². The molecule has 4 nitrogen and oxygen atoms in total. The lowest BCUT2D eigenvalue weighted by molar-refractivity contribution is -0.133. The van der Waals surface area contributed by atoms with E-state index in [9.17, 15) is 9.90 Å². The fraction of sp³-hybridized carbons (Fsp3) is 0.667. The van der Waals surface area contributed by atoms with Crippen molar-refractivity contribution in [3.05, 3.63) is 35.9 Å². The predicted octanol–water partition coefficient (Wildman–Crippen LogP) is 3.02. The minimum atomic E-state index is -0.477. The van der Waals surface area contributed by atoms with Gasteiger partial charge in [-0.3, -0.25) is 4.79 Å². The monoisotopic (exact) mass is 342 g/mol. The van der Waals surface area contributed by atoms with Crippen LogP contribution in [0.2, 0.25) is 0 Å². The van der Waals surface area contributed by atoms with Gasteiger partial charge in [-0.15, -0.1) is 0 Å². The lowest BCUT2D eigenvalue weighted by Gasteiger charge is -2.32. The number of carbonyl (C=O) groups excluding carboxylic acids is 1. The molecule has 0 saturated carbocycles. The number of aliphatic hydroxyl groups is 1. The fourth-order valence-corrected chi connectivity index (χ4v) is 5.18. The molecule has 0 aromatic heterocycles. The molecule has 4 rings (SSSR count). The number of piperidine rings is 1. The first-order chi connectivity index (χ1) is 12.2. The first-order valence-electron chi connectivity index (χ1n) is 9.97. The Bertz CT molecular complexity index is 579. The molecule has 3 heterocycles. The summed E-state index contributed by atoms with van der Waals surface area (Å²) in [5.74, 6) is 0.862. The Kier molecular flexibility index (Phi) is 5.09. The van der Waals surface area contributed by atoms with Gasteiger partial charge in [0.1, 0.15) is 0 Å². The number of nitrogens with one attached hydrogen (secondary N) is 1. The standard InChI is InChI=1S/C21H30N2O2/c24-20(16-5-2-1-3-6-16)14-19-7-4-10-23(19)21(25)13-15-11-17-8-9-18(12-15)22-17/h1-3,5-6,15,17-20,22,24H,4,7-14H2. The van der Waals surface area contributed by atoms with Gasteiger partial charge in [-0.05, 0) is 56.4 Å². The second kappa shape index (κ2) is 7.46. The summed E-state index contributed by atoms with van der Waals surface area (Å²) in [5, 5.41) is 14.2. The Morgan fingerprint density at radius 2 is 1.88 bits per heavy atom. The number of fused-ring (bicyclic) bond motifs is 2. The summed E-state index contributed by atoms with van der Waals surface area (Å²) in [5.41, 5.74) is 0.955. The third-order valence-electron chi connectivity index (χ3n) is 6.41. The average Bonchev–Trinajstić information content (AvgIpc) is 3.22. The number of benzene rings is 1. The number of hydrogen-bond acceptors (Lipinski definition) is 3. The SMILES string of the molecule is O=C(CC1CC2CCC(C1)N2)N1CCCC1CC(O)c1ccccc1. The van der Waals surface area contributed by atoms with E-state index in [1.165, 1.54) is 12.8 Å². The molecular formula is C21H30N2O2. The van der Waals surface area contributed by atoms with Crippen LogP contribution in [0.1, 0.15) is 63.0 Å². The zero-order valence-electron chi connectivity index (χ0n) is 14.9. The quantitative estimate of drug-likeness (QED) is 0.865. The van der Waals surface area contributed by atoms with E-state index in [2.05, 4.69) is 10.2 Å². The van der Waals surface area contributed by atoms with Crippen molar-refractivity contribution in [3.63, 3.8) is 0 Å².